The topological polar surface area (TPSA) is 95.5 Å². The van der Waals surface area contributed by atoms with Gasteiger partial charge in [0.1, 0.15) is 23.7 Å². The first kappa shape index (κ1) is 22.8. The number of rotatable bonds is 13. The van der Waals surface area contributed by atoms with Crippen molar-refractivity contribution in [3.05, 3.63) is 24.0 Å². The Morgan fingerprint density at radius 1 is 1.16 bits per heavy atom. The third-order valence-electron chi connectivity index (χ3n) is 5.16. The summed E-state index contributed by atoms with van der Waals surface area (Å²) < 4.78 is 13.7. The van der Waals surface area contributed by atoms with E-state index in [4.69, 9.17) is 20.2 Å². The van der Waals surface area contributed by atoms with Crippen LogP contribution in [0.2, 0.25) is 0 Å². The lowest BCUT2D eigenvalue weighted by Crippen LogP contribution is -2.25. The molecule has 0 unspecified atom stereocenters. The van der Waals surface area contributed by atoms with E-state index in [1.165, 1.54) is 0 Å². The van der Waals surface area contributed by atoms with Crippen molar-refractivity contribution in [3.63, 3.8) is 0 Å². The molecule has 2 N–H and O–H groups in total. The zero-order valence-electron chi connectivity index (χ0n) is 18.8. The van der Waals surface area contributed by atoms with Crippen molar-refractivity contribution < 1.29 is 14.3 Å². The lowest BCUT2D eigenvalue weighted by molar-refractivity contribution is -0.118. The van der Waals surface area contributed by atoms with Gasteiger partial charge in [0.15, 0.2) is 5.82 Å². The van der Waals surface area contributed by atoms with Crippen molar-refractivity contribution in [2.45, 2.75) is 53.2 Å². The highest BCUT2D eigenvalue weighted by Crippen LogP contribution is 2.31. The van der Waals surface area contributed by atoms with Gasteiger partial charge >= 0.3 is 0 Å². The molecule has 2 heterocycles. The maximum absolute atomic E-state index is 11.0. The monoisotopic (exact) mass is 427 g/mol. The fraction of sp³-hybridized carbons (Fsp3) is 0.522. The number of hydrogen-bond donors (Lipinski definition) is 1. The van der Waals surface area contributed by atoms with Gasteiger partial charge in [-0.15, -0.1) is 0 Å². The predicted octanol–water partition coefficient (Wildman–Crippen LogP) is 3.75. The van der Waals surface area contributed by atoms with Crippen LogP contribution >= 0.6 is 0 Å². The quantitative estimate of drug-likeness (QED) is 0.330. The highest BCUT2D eigenvalue weighted by molar-refractivity contribution is 6.06. The van der Waals surface area contributed by atoms with Crippen LogP contribution in [0.25, 0.3) is 21.9 Å². The van der Waals surface area contributed by atoms with E-state index in [1.54, 1.807) is 4.90 Å². The number of aromatic nitrogens is 3. The molecule has 0 radical (unpaired) electrons. The Kier molecular flexibility index (Phi) is 8.06. The number of aryl methyl sites for hydroxylation is 1. The second-order valence-corrected chi connectivity index (χ2v) is 7.53. The molecule has 3 aromatic rings. The first-order chi connectivity index (χ1) is 15.1. The molecule has 0 saturated carbocycles. The van der Waals surface area contributed by atoms with Crippen LogP contribution in [-0.4, -0.2) is 52.1 Å². The van der Waals surface area contributed by atoms with E-state index in [0.717, 1.165) is 66.8 Å². The van der Waals surface area contributed by atoms with Crippen molar-refractivity contribution in [2.24, 2.45) is 0 Å². The molecule has 31 heavy (non-hydrogen) atoms. The van der Waals surface area contributed by atoms with Crippen molar-refractivity contribution in [2.75, 3.05) is 32.0 Å². The van der Waals surface area contributed by atoms with E-state index < -0.39 is 0 Å². The molecule has 0 aliphatic carbocycles. The maximum atomic E-state index is 11.0. The van der Waals surface area contributed by atoms with Gasteiger partial charge < -0.3 is 24.7 Å². The molecule has 0 spiro atoms. The Labute approximate surface area is 183 Å². The molecule has 0 fully saturated rings. The van der Waals surface area contributed by atoms with Crippen molar-refractivity contribution in [1.82, 2.24) is 19.4 Å². The molecule has 0 aliphatic rings. The van der Waals surface area contributed by atoms with Crippen molar-refractivity contribution in [1.29, 1.82) is 0 Å². The molecule has 0 bridgehead atoms. The largest absolute Gasteiger partial charge is 0.493 e. The van der Waals surface area contributed by atoms with Crippen LogP contribution in [-0.2, 0) is 22.7 Å². The Hall–Kier alpha value is -2.87. The number of nitrogens with two attached hydrogens (primary N) is 1. The highest BCUT2D eigenvalue weighted by atomic mass is 16.5. The Balaban J connectivity index is 1.85. The number of nitrogen functional groups attached to an aromatic ring is 1. The second-order valence-electron chi connectivity index (χ2n) is 7.53. The molecular weight excluding hydrogens is 394 g/mol. The Morgan fingerprint density at radius 2 is 2.00 bits per heavy atom. The summed E-state index contributed by atoms with van der Waals surface area (Å²) in [6.45, 7) is 10.1. The van der Waals surface area contributed by atoms with E-state index in [-0.39, 0.29) is 0 Å². The summed E-state index contributed by atoms with van der Waals surface area (Å²) in [6.07, 6.45) is 3.60. The fourth-order valence-corrected chi connectivity index (χ4v) is 3.76. The molecule has 2 aromatic heterocycles. The fourth-order valence-electron chi connectivity index (χ4n) is 3.76. The molecule has 1 amide bonds. The van der Waals surface area contributed by atoms with Crippen LogP contribution in [0.3, 0.4) is 0 Å². The standard InChI is InChI=1S/C23H33N5O3/c1-4-10-27(16-29)12-7-13-31-17-8-9-18-19(14-17)25-23(24)21-22(18)28(11-5-2)20(26-21)15-30-6-3/h8-9,14,16H,4-7,10-13,15H2,1-3H3,(H2,24,25). The molecule has 0 atom stereocenters. The number of nitrogens with zero attached hydrogens (tertiary/aromatic N) is 4. The van der Waals surface area contributed by atoms with Crippen molar-refractivity contribution >= 4 is 34.2 Å². The minimum Gasteiger partial charge on any atom is -0.493 e. The average molecular weight is 428 g/mol. The molecule has 0 aliphatic heterocycles. The van der Waals surface area contributed by atoms with E-state index >= 15 is 0 Å². The zero-order valence-corrected chi connectivity index (χ0v) is 18.8. The summed E-state index contributed by atoms with van der Waals surface area (Å²) >= 11 is 0. The minimum atomic E-state index is 0.411. The van der Waals surface area contributed by atoms with E-state index in [1.807, 2.05) is 25.1 Å². The Bertz CT molecular complexity index is 1020. The van der Waals surface area contributed by atoms with Gasteiger partial charge in [-0.25, -0.2) is 9.97 Å². The predicted molar refractivity (Wildman–Crippen MR) is 123 cm³/mol. The maximum Gasteiger partial charge on any atom is 0.209 e. The van der Waals surface area contributed by atoms with Crippen LogP contribution in [0.15, 0.2) is 18.2 Å². The molecule has 168 valence electrons. The van der Waals surface area contributed by atoms with Gasteiger partial charge in [-0.2, -0.15) is 0 Å². The number of ether oxygens (including phenoxy) is 2. The second kappa shape index (κ2) is 10.9. The van der Waals surface area contributed by atoms with Gasteiger partial charge in [0, 0.05) is 37.7 Å². The summed E-state index contributed by atoms with van der Waals surface area (Å²) in [5.41, 5.74) is 8.76. The summed E-state index contributed by atoms with van der Waals surface area (Å²) in [5.74, 6) is 2.02. The molecule has 8 nitrogen and oxygen atoms in total. The number of imidazole rings is 1. The average Bonchev–Trinajstić information content (AvgIpc) is 3.13. The first-order valence-corrected chi connectivity index (χ1v) is 11.1. The summed E-state index contributed by atoms with van der Waals surface area (Å²) in [4.78, 5) is 22.1. The van der Waals surface area contributed by atoms with Gasteiger partial charge in [0.25, 0.3) is 0 Å². The molecule has 0 saturated heterocycles. The third-order valence-corrected chi connectivity index (χ3v) is 5.16. The zero-order chi connectivity index (χ0) is 22.2. The smallest absolute Gasteiger partial charge is 0.209 e. The van der Waals surface area contributed by atoms with E-state index in [0.29, 0.717) is 37.7 Å². The molecular formula is C23H33N5O3. The molecule has 8 heteroatoms. The summed E-state index contributed by atoms with van der Waals surface area (Å²) in [5, 5.41) is 0.996. The number of fused-ring (bicyclic) bond motifs is 3. The Morgan fingerprint density at radius 3 is 2.71 bits per heavy atom. The van der Waals surface area contributed by atoms with Crippen LogP contribution in [0.5, 0.6) is 5.75 Å². The minimum absolute atomic E-state index is 0.411. The van der Waals surface area contributed by atoms with Crippen LogP contribution in [0.1, 0.15) is 45.9 Å². The van der Waals surface area contributed by atoms with E-state index in [9.17, 15) is 4.79 Å². The number of carbonyl (C=O) groups is 1. The highest BCUT2D eigenvalue weighted by Gasteiger charge is 2.17. The van der Waals surface area contributed by atoms with E-state index in [2.05, 4.69) is 23.4 Å². The van der Waals surface area contributed by atoms with Crippen LogP contribution in [0.4, 0.5) is 5.82 Å². The van der Waals surface area contributed by atoms with Gasteiger partial charge in [-0.1, -0.05) is 13.8 Å². The summed E-state index contributed by atoms with van der Waals surface area (Å²) in [6, 6.07) is 5.89. The van der Waals surface area contributed by atoms with Gasteiger partial charge in [-0.3, -0.25) is 4.79 Å². The number of pyridine rings is 1. The number of amides is 1. The van der Waals surface area contributed by atoms with Crippen molar-refractivity contribution in [3.8, 4) is 5.75 Å². The van der Waals surface area contributed by atoms with Gasteiger partial charge in [-0.05, 0) is 38.3 Å². The first-order valence-electron chi connectivity index (χ1n) is 11.1. The lowest BCUT2D eigenvalue weighted by Gasteiger charge is -2.16. The number of hydrogen-bond acceptors (Lipinski definition) is 6. The number of benzene rings is 1. The third kappa shape index (κ3) is 5.25. The number of carbonyl (C=O) groups excluding carboxylic acids is 1. The number of anilines is 1. The van der Waals surface area contributed by atoms with Gasteiger partial charge in [0.2, 0.25) is 6.41 Å². The molecule has 1 aromatic carbocycles. The van der Waals surface area contributed by atoms with Crippen LogP contribution < -0.4 is 10.5 Å². The SMILES string of the molecule is CCCN(C=O)CCCOc1ccc2c(c1)nc(N)c1nc(COCC)n(CCC)c12. The normalized spacial score (nSPS) is 11.3. The summed E-state index contributed by atoms with van der Waals surface area (Å²) in [7, 11) is 0. The van der Waals surface area contributed by atoms with Crippen LogP contribution in [0, 0.1) is 0 Å². The van der Waals surface area contributed by atoms with Gasteiger partial charge in [0.05, 0.1) is 17.6 Å². The lowest BCUT2D eigenvalue weighted by atomic mass is 10.1. The molecule has 3 rings (SSSR count).